The summed E-state index contributed by atoms with van der Waals surface area (Å²) in [5, 5.41) is 1.43. The molecule has 3 rings (SSSR count). The van der Waals surface area contributed by atoms with Gasteiger partial charge >= 0.3 is 0 Å². The van der Waals surface area contributed by atoms with Crippen molar-refractivity contribution < 1.29 is 13.6 Å². The van der Waals surface area contributed by atoms with Crippen molar-refractivity contribution in [2.75, 3.05) is 13.1 Å². The Bertz CT molecular complexity index is 1070. The van der Waals surface area contributed by atoms with E-state index in [2.05, 4.69) is 38.8 Å². The lowest BCUT2D eigenvalue weighted by Crippen LogP contribution is -2.71. The number of aromatic nitrogens is 2. The predicted octanol–water partition coefficient (Wildman–Crippen LogP) is -4.07. The van der Waals surface area contributed by atoms with Crippen LogP contribution in [0.1, 0.15) is 28.2 Å². The van der Waals surface area contributed by atoms with Crippen LogP contribution in [0.2, 0.25) is 10.2 Å². The van der Waals surface area contributed by atoms with E-state index in [-0.39, 0.29) is 35.6 Å². The number of nitrogens with one attached hydrogen (secondary N) is 1. The van der Waals surface area contributed by atoms with Gasteiger partial charge in [-0.1, -0.05) is 16.7 Å². The van der Waals surface area contributed by atoms with Crippen LogP contribution in [0.5, 0.6) is 0 Å². The number of carbonyl (C=O) groups excluding carboxylic acids is 1. The molecule has 1 saturated heterocycles. The SMILES string of the molecule is BC(B)(B)c1cnc(CNC(B)(B)C2(F)CCN(C(=O)c3ccc(F)c(Cl)c3)CC2(B)B)nc1. The molecule has 0 radical (unpaired) electrons. The normalized spacial score (nSPS) is 20.7. The van der Waals surface area contributed by atoms with E-state index in [1.807, 2.05) is 43.8 Å². The van der Waals surface area contributed by atoms with Crippen molar-refractivity contribution in [2.45, 2.75) is 34.3 Å². The van der Waals surface area contributed by atoms with Crippen molar-refractivity contribution in [1.82, 2.24) is 20.2 Å². The summed E-state index contributed by atoms with van der Waals surface area (Å²) in [5.41, 5.74) is -0.275. The smallest absolute Gasteiger partial charge is 0.253 e. The van der Waals surface area contributed by atoms with E-state index in [1.165, 1.54) is 18.2 Å². The zero-order chi connectivity index (χ0) is 25.5. The van der Waals surface area contributed by atoms with E-state index < -0.39 is 22.0 Å². The fourth-order valence-corrected chi connectivity index (χ4v) is 4.91. The summed E-state index contributed by atoms with van der Waals surface area (Å²) in [6, 6.07) is 3.90. The number of hydrogen-bond donors (Lipinski definition) is 1. The van der Waals surface area contributed by atoms with E-state index >= 15 is 4.39 Å². The highest BCUT2D eigenvalue weighted by atomic mass is 35.5. The Hall–Kier alpha value is -1.67. The monoisotopic (exact) mass is 478 g/mol. The van der Waals surface area contributed by atoms with Crippen LogP contribution in [-0.2, 0) is 11.7 Å². The predicted molar refractivity (Wildman–Crippen MR) is 152 cm³/mol. The van der Waals surface area contributed by atoms with Crippen molar-refractivity contribution >= 4 is 72.4 Å². The molecule has 172 valence electrons. The Kier molecular flexibility index (Phi) is 7.46. The van der Waals surface area contributed by atoms with Crippen LogP contribution in [0, 0.1) is 5.82 Å². The first kappa shape index (κ1) is 26.9. The number of amides is 1. The lowest BCUT2D eigenvalue weighted by atomic mass is 9.35. The van der Waals surface area contributed by atoms with Gasteiger partial charge in [0.25, 0.3) is 5.91 Å². The number of carbonyl (C=O) groups is 1. The quantitative estimate of drug-likeness (QED) is 0.430. The average Bonchev–Trinajstić information content (AvgIpc) is 2.75. The summed E-state index contributed by atoms with van der Waals surface area (Å²) in [7, 11) is 13.7. The molecule has 34 heavy (non-hydrogen) atoms. The molecular weight excluding hydrogens is 449 g/mol. The summed E-state index contributed by atoms with van der Waals surface area (Å²) in [6.07, 6.45) is 3.79. The van der Waals surface area contributed by atoms with Crippen LogP contribution in [0.15, 0.2) is 30.6 Å². The first-order valence-corrected chi connectivity index (χ1v) is 11.9. The molecule has 1 N–H and O–H groups in total. The summed E-state index contributed by atoms with van der Waals surface area (Å²) >= 11 is 5.85. The minimum Gasteiger partial charge on any atom is -0.339 e. The van der Waals surface area contributed by atoms with Gasteiger partial charge < -0.3 is 10.2 Å². The minimum absolute atomic E-state index is 0.0388. The first-order chi connectivity index (χ1) is 15.6. The molecule has 0 saturated carbocycles. The Labute approximate surface area is 211 Å². The maximum Gasteiger partial charge on any atom is 0.253 e. The Morgan fingerprint density at radius 3 is 2.32 bits per heavy atom. The molecule has 1 amide bonds. The van der Waals surface area contributed by atoms with Gasteiger partial charge in [-0.25, -0.2) is 18.7 Å². The molecule has 1 aromatic carbocycles. The molecule has 1 aliphatic heterocycles. The summed E-state index contributed by atoms with van der Waals surface area (Å²) in [4.78, 5) is 23.5. The Morgan fingerprint density at radius 1 is 1.18 bits per heavy atom. The van der Waals surface area contributed by atoms with E-state index in [0.717, 1.165) is 5.56 Å². The number of nitrogens with zero attached hydrogens (tertiary/aromatic N) is 3. The highest BCUT2D eigenvalue weighted by molar-refractivity contribution is 6.58. The van der Waals surface area contributed by atoms with Crippen molar-refractivity contribution in [1.29, 1.82) is 0 Å². The number of rotatable bonds is 6. The molecular formula is C19H28B7ClF2N4O. The Balaban J connectivity index is 1.72. The number of halogens is 3. The second-order valence-electron chi connectivity index (χ2n) is 11.4. The lowest BCUT2D eigenvalue weighted by molar-refractivity contribution is 0.0182. The number of benzene rings is 1. The number of likely N-dealkylation sites (tertiary alicyclic amines) is 1. The molecule has 5 nitrogen and oxygen atoms in total. The molecule has 1 atom stereocenters. The van der Waals surface area contributed by atoms with Gasteiger partial charge in [-0.2, -0.15) is 0 Å². The van der Waals surface area contributed by atoms with Crippen LogP contribution in [0.3, 0.4) is 0 Å². The topological polar surface area (TPSA) is 58.1 Å². The standard InChI is InChI=1S/C19H28B7ClF2N4O/c20-17(21)9-33(15(34)10-1-2-13(28)12(27)5-10)4-3-16(17,29)19(25,26)32-8-14-30-6-11(7-31-14)18(22,23)24/h1-2,5-7,32H,3-4,8-9,20-26H2. The zero-order valence-corrected chi connectivity index (χ0v) is 21.9. The van der Waals surface area contributed by atoms with Crippen molar-refractivity contribution in [3.63, 3.8) is 0 Å². The maximum absolute atomic E-state index is 16.7. The number of hydrogen-bond acceptors (Lipinski definition) is 4. The average molecular weight is 478 g/mol. The Morgan fingerprint density at radius 2 is 1.79 bits per heavy atom. The van der Waals surface area contributed by atoms with E-state index in [4.69, 9.17) is 11.6 Å². The largest absolute Gasteiger partial charge is 0.339 e. The van der Waals surface area contributed by atoms with Crippen LogP contribution in [0.4, 0.5) is 8.78 Å². The fraction of sp³-hybridized carbons (Fsp3) is 0.421. The molecule has 2 heterocycles. The molecule has 0 bridgehead atoms. The second-order valence-corrected chi connectivity index (χ2v) is 11.8. The molecule has 2 aromatic rings. The van der Waals surface area contributed by atoms with Gasteiger partial charge in [-0.3, -0.25) is 4.79 Å². The van der Waals surface area contributed by atoms with Crippen molar-refractivity contribution in [3.8, 4) is 0 Å². The lowest BCUT2D eigenvalue weighted by Gasteiger charge is -2.56. The van der Waals surface area contributed by atoms with E-state index in [9.17, 15) is 9.18 Å². The highest BCUT2D eigenvalue weighted by Crippen LogP contribution is 2.48. The molecule has 15 heteroatoms. The van der Waals surface area contributed by atoms with Gasteiger partial charge in [0.05, 0.1) is 35.1 Å². The molecule has 1 aliphatic rings. The summed E-state index contributed by atoms with van der Waals surface area (Å²) in [6.45, 7) is 0.796. The van der Waals surface area contributed by atoms with Crippen LogP contribution in [0.25, 0.3) is 0 Å². The molecule has 0 aliphatic carbocycles. The third-order valence-electron chi connectivity index (χ3n) is 7.09. The molecule has 1 unspecified atom stereocenters. The third-order valence-corrected chi connectivity index (χ3v) is 7.38. The zero-order valence-electron chi connectivity index (χ0n) is 21.1. The van der Waals surface area contributed by atoms with Crippen LogP contribution in [-0.4, -0.2) is 99.8 Å². The molecule has 1 aromatic heterocycles. The first-order valence-electron chi connectivity index (χ1n) is 11.6. The van der Waals surface area contributed by atoms with E-state index in [0.29, 0.717) is 17.9 Å². The minimum atomic E-state index is -1.61. The van der Waals surface area contributed by atoms with Crippen LogP contribution >= 0.6 is 11.6 Å². The van der Waals surface area contributed by atoms with Gasteiger partial charge in [-0.05, 0) is 40.7 Å². The third kappa shape index (κ3) is 5.28. The van der Waals surface area contributed by atoms with Gasteiger partial charge in [0.2, 0.25) is 0 Å². The summed E-state index contributed by atoms with van der Waals surface area (Å²) < 4.78 is 30.2. The van der Waals surface area contributed by atoms with Crippen LogP contribution < -0.4 is 5.32 Å². The molecule has 0 spiro atoms. The van der Waals surface area contributed by atoms with Gasteiger partial charge in [0.15, 0.2) is 0 Å². The van der Waals surface area contributed by atoms with Gasteiger partial charge in [0.1, 0.15) is 48.7 Å². The number of piperidine rings is 1. The molecule has 1 fully saturated rings. The second kappa shape index (κ2) is 9.42. The maximum atomic E-state index is 16.7. The number of alkyl halides is 1. The van der Waals surface area contributed by atoms with E-state index in [1.54, 1.807) is 4.90 Å². The van der Waals surface area contributed by atoms with Crippen molar-refractivity contribution in [3.05, 3.63) is 58.4 Å². The highest BCUT2D eigenvalue weighted by Gasteiger charge is 2.57. The summed E-state index contributed by atoms with van der Waals surface area (Å²) in [5.74, 6) is -0.261. The van der Waals surface area contributed by atoms with Gasteiger partial charge in [0, 0.05) is 31.0 Å². The van der Waals surface area contributed by atoms with Gasteiger partial charge in [-0.15, -0.1) is 0 Å². The van der Waals surface area contributed by atoms with Crippen molar-refractivity contribution in [2.24, 2.45) is 0 Å². The fourth-order valence-electron chi connectivity index (χ4n) is 4.73.